The summed E-state index contributed by atoms with van der Waals surface area (Å²) in [4.78, 5) is 10.9. The highest BCUT2D eigenvalue weighted by molar-refractivity contribution is 9.10. The van der Waals surface area contributed by atoms with Crippen LogP contribution in [0.2, 0.25) is 0 Å². The van der Waals surface area contributed by atoms with Crippen LogP contribution in [0.15, 0.2) is 27.8 Å². The van der Waals surface area contributed by atoms with E-state index in [9.17, 15) is 9.18 Å². The zero-order valence-corrected chi connectivity index (χ0v) is 8.45. The summed E-state index contributed by atoms with van der Waals surface area (Å²) >= 11 is 3.12. The van der Waals surface area contributed by atoms with Crippen LogP contribution in [0.25, 0.3) is 0 Å². The van der Waals surface area contributed by atoms with Crippen molar-refractivity contribution in [2.24, 2.45) is 5.16 Å². The van der Waals surface area contributed by atoms with E-state index >= 15 is 0 Å². The number of anilines is 1. The summed E-state index contributed by atoms with van der Waals surface area (Å²) in [5, 5.41) is 12.8. The number of amides is 1. The maximum atomic E-state index is 13.0. The van der Waals surface area contributed by atoms with E-state index in [0.29, 0.717) is 10.7 Å². The molecule has 0 aliphatic rings. The molecule has 1 aromatic rings. The highest BCUT2D eigenvalue weighted by Gasteiger charge is 2.05. The summed E-state index contributed by atoms with van der Waals surface area (Å²) in [6, 6.07) is 4.11. The largest absolute Gasteiger partial charge is 0.411 e. The van der Waals surface area contributed by atoms with Crippen LogP contribution in [0.5, 0.6) is 0 Å². The summed E-state index contributed by atoms with van der Waals surface area (Å²) < 4.78 is 13.7. The van der Waals surface area contributed by atoms with E-state index in [1.807, 2.05) is 0 Å². The number of oxime groups is 1. The van der Waals surface area contributed by atoms with Crippen LogP contribution in [0.3, 0.4) is 0 Å². The van der Waals surface area contributed by atoms with Crippen LogP contribution < -0.4 is 5.32 Å². The van der Waals surface area contributed by atoms with Gasteiger partial charge < -0.3 is 10.5 Å². The Labute approximate surface area is 87.5 Å². The number of benzene rings is 1. The van der Waals surface area contributed by atoms with Gasteiger partial charge in [0.2, 0.25) is 0 Å². The number of hydrogen-bond acceptors (Lipinski definition) is 3. The molecule has 0 aromatic heterocycles. The van der Waals surface area contributed by atoms with Gasteiger partial charge in [-0.2, -0.15) is 0 Å². The third-order valence-corrected chi connectivity index (χ3v) is 1.85. The second-order valence-corrected chi connectivity index (χ2v) is 3.27. The van der Waals surface area contributed by atoms with Gasteiger partial charge in [0.05, 0.1) is 5.69 Å². The van der Waals surface area contributed by atoms with Crippen LogP contribution in [-0.4, -0.2) is 17.3 Å². The molecule has 0 aliphatic carbocycles. The second kappa shape index (κ2) is 4.71. The quantitative estimate of drug-likeness (QED) is 0.485. The van der Waals surface area contributed by atoms with Crippen molar-refractivity contribution in [3.05, 3.63) is 28.5 Å². The predicted octanol–water partition coefficient (Wildman–Crippen LogP) is 1.99. The summed E-state index contributed by atoms with van der Waals surface area (Å²) in [5.74, 6) is -1.27. The molecule has 0 unspecified atom stereocenters. The summed E-state index contributed by atoms with van der Waals surface area (Å²) in [6.07, 6.45) is 0.639. The van der Waals surface area contributed by atoms with Gasteiger partial charge in [0.25, 0.3) is 5.91 Å². The van der Waals surface area contributed by atoms with Gasteiger partial charge in [-0.15, -0.1) is 0 Å². The van der Waals surface area contributed by atoms with Crippen LogP contribution in [-0.2, 0) is 4.79 Å². The molecule has 14 heavy (non-hydrogen) atoms. The number of nitrogens with zero attached hydrogens (tertiary/aromatic N) is 1. The normalized spacial score (nSPS) is 10.4. The van der Waals surface area contributed by atoms with Crippen molar-refractivity contribution in [1.29, 1.82) is 0 Å². The van der Waals surface area contributed by atoms with E-state index in [2.05, 4.69) is 26.4 Å². The zero-order chi connectivity index (χ0) is 10.6. The maximum Gasteiger partial charge on any atom is 0.270 e. The second-order valence-electron chi connectivity index (χ2n) is 2.36. The van der Waals surface area contributed by atoms with Crippen molar-refractivity contribution in [3.63, 3.8) is 0 Å². The van der Waals surface area contributed by atoms with E-state index in [1.54, 1.807) is 0 Å². The number of rotatable bonds is 2. The number of carbonyl (C=O) groups is 1. The number of nitrogens with one attached hydrogen (secondary N) is 1. The highest BCUT2D eigenvalue weighted by Crippen LogP contribution is 2.19. The van der Waals surface area contributed by atoms with Crippen LogP contribution in [0.1, 0.15) is 0 Å². The van der Waals surface area contributed by atoms with Crippen molar-refractivity contribution in [2.45, 2.75) is 0 Å². The average molecular weight is 261 g/mol. The third-order valence-electron chi connectivity index (χ3n) is 1.36. The first kappa shape index (κ1) is 10.6. The average Bonchev–Trinajstić information content (AvgIpc) is 2.12. The lowest BCUT2D eigenvalue weighted by atomic mass is 10.3. The van der Waals surface area contributed by atoms with Crippen LogP contribution in [0.4, 0.5) is 10.1 Å². The number of hydrogen-bond donors (Lipinski definition) is 2. The molecule has 0 radical (unpaired) electrons. The standard InChI is InChI=1S/C8H6BrFN2O2/c9-5-1-2-6(10)7(3-5)12-8(13)4-11-14/h1-4,14H,(H,12,13). The molecule has 0 atom stereocenters. The fourth-order valence-corrected chi connectivity index (χ4v) is 1.17. The van der Waals surface area contributed by atoms with E-state index < -0.39 is 11.7 Å². The Morgan fingerprint density at radius 1 is 1.64 bits per heavy atom. The molecule has 0 bridgehead atoms. The van der Waals surface area contributed by atoms with Gasteiger partial charge in [-0.3, -0.25) is 4.79 Å². The maximum absolute atomic E-state index is 13.0. The molecular formula is C8H6BrFN2O2. The smallest absolute Gasteiger partial charge is 0.270 e. The monoisotopic (exact) mass is 260 g/mol. The molecule has 0 aliphatic heterocycles. The Hall–Kier alpha value is -1.43. The van der Waals surface area contributed by atoms with Crippen LogP contribution in [0, 0.1) is 5.82 Å². The first-order valence-corrected chi connectivity index (χ1v) is 4.36. The molecular weight excluding hydrogens is 255 g/mol. The van der Waals surface area contributed by atoms with Crippen molar-refractivity contribution in [2.75, 3.05) is 5.32 Å². The first-order valence-electron chi connectivity index (χ1n) is 3.57. The molecule has 0 heterocycles. The summed E-state index contributed by atoms with van der Waals surface area (Å²) in [6.45, 7) is 0. The minimum atomic E-state index is -0.704. The lowest BCUT2D eigenvalue weighted by molar-refractivity contribution is -0.110. The van der Waals surface area contributed by atoms with E-state index in [4.69, 9.17) is 5.21 Å². The SMILES string of the molecule is O=C(C=NO)Nc1cc(Br)ccc1F. The van der Waals surface area contributed by atoms with Gasteiger partial charge in [-0.1, -0.05) is 21.1 Å². The van der Waals surface area contributed by atoms with Gasteiger partial charge in [-0.05, 0) is 18.2 Å². The van der Waals surface area contributed by atoms with Crippen LogP contribution >= 0.6 is 15.9 Å². The van der Waals surface area contributed by atoms with Gasteiger partial charge in [0, 0.05) is 4.47 Å². The molecule has 6 heteroatoms. The summed E-state index contributed by atoms with van der Waals surface area (Å²) in [7, 11) is 0. The Morgan fingerprint density at radius 2 is 2.36 bits per heavy atom. The Morgan fingerprint density at radius 3 is 3.00 bits per heavy atom. The fraction of sp³-hybridized carbons (Fsp3) is 0. The van der Waals surface area contributed by atoms with Crippen molar-refractivity contribution in [1.82, 2.24) is 0 Å². The number of carbonyl (C=O) groups excluding carboxylic acids is 1. The first-order chi connectivity index (χ1) is 6.63. The lowest BCUT2D eigenvalue weighted by Gasteiger charge is -2.03. The molecule has 0 saturated carbocycles. The Bertz CT molecular complexity index is 382. The molecule has 1 amide bonds. The van der Waals surface area contributed by atoms with E-state index in [1.165, 1.54) is 18.2 Å². The minimum Gasteiger partial charge on any atom is -0.411 e. The predicted molar refractivity (Wildman–Crippen MR) is 53.0 cm³/mol. The molecule has 4 nitrogen and oxygen atoms in total. The van der Waals surface area contributed by atoms with Crippen molar-refractivity contribution < 1.29 is 14.4 Å². The Kier molecular flexibility index (Phi) is 3.58. The van der Waals surface area contributed by atoms with Gasteiger partial charge in [0.1, 0.15) is 12.0 Å². The molecule has 1 rings (SSSR count). The minimum absolute atomic E-state index is 0.0178. The molecule has 0 fully saturated rings. The van der Waals surface area contributed by atoms with Gasteiger partial charge in [0.15, 0.2) is 0 Å². The summed E-state index contributed by atoms with van der Waals surface area (Å²) in [5.41, 5.74) is 0.0178. The topological polar surface area (TPSA) is 61.7 Å². The van der Waals surface area contributed by atoms with Gasteiger partial charge >= 0.3 is 0 Å². The highest BCUT2D eigenvalue weighted by atomic mass is 79.9. The molecule has 1 aromatic carbocycles. The van der Waals surface area contributed by atoms with Gasteiger partial charge in [-0.25, -0.2) is 4.39 Å². The Balaban J connectivity index is 2.85. The number of halogens is 2. The molecule has 0 spiro atoms. The third kappa shape index (κ3) is 2.81. The molecule has 2 N–H and O–H groups in total. The van der Waals surface area contributed by atoms with E-state index in [-0.39, 0.29) is 5.69 Å². The molecule has 0 saturated heterocycles. The van der Waals surface area contributed by atoms with Crippen molar-refractivity contribution in [3.8, 4) is 0 Å². The zero-order valence-electron chi connectivity index (χ0n) is 6.87. The van der Waals surface area contributed by atoms with E-state index in [0.717, 1.165) is 0 Å². The lowest BCUT2D eigenvalue weighted by Crippen LogP contribution is -2.13. The van der Waals surface area contributed by atoms with Crippen molar-refractivity contribution >= 4 is 33.7 Å². The molecule has 74 valence electrons. The fourth-order valence-electron chi connectivity index (χ4n) is 0.811.